The van der Waals surface area contributed by atoms with E-state index in [1.807, 2.05) is 0 Å². The lowest BCUT2D eigenvalue weighted by molar-refractivity contribution is -0.185. The number of hydrogen-bond donors (Lipinski definition) is 0. The van der Waals surface area contributed by atoms with Crippen molar-refractivity contribution in [2.24, 2.45) is 0 Å². The summed E-state index contributed by atoms with van der Waals surface area (Å²) in [5, 5.41) is 0. The summed E-state index contributed by atoms with van der Waals surface area (Å²) in [6.45, 7) is -0.178. The Morgan fingerprint density at radius 3 is 2.10 bits per heavy atom. The molecule has 4 nitrogen and oxygen atoms in total. The highest BCUT2D eigenvalue weighted by molar-refractivity contribution is 5.86. The Hall–Kier alpha value is -3.10. The Kier molecular flexibility index (Phi) is 7.79. The van der Waals surface area contributed by atoms with Gasteiger partial charge in [-0.3, -0.25) is 0 Å². The number of halogens is 5. The predicted molar refractivity (Wildman–Crippen MR) is 99.2 cm³/mol. The maximum absolute atomic E-state index is 14.3. The summed E-state index contributed by atoms with van der Waals surface area (Å²) in [5.41, 5.74) is 0.142. The Balaban J connectivity index is 1.93. The van der Waals surface area contributed by atoms with Crippen molar-refractivity contribution in [3.8, 4) is 11.5 Å². The number of esters is 1. The first-order valence-electron chi connectivity index (χ1n) is 8.82. The molecule has 0 heterocycles. The lowest BCUT2D eigenvalue weighted by Gasteiger charge is -2.18. The van der Waals surface area contributed by atoms with Gasteiger partial charge in [0.05, 0.1) is 19.3 Å². The van der Waals surface area contributed by atoms with Gasteiger partial charge in [-0.25, -0.2) is 4.79 Å². The smallest absolute Gasteiger partial charge is 0.426 e. The molecule has 0 amide bonds. The topological polar surface area (TPSA) is 44.8 Å². The van der Waals surface area contributed by atoms with Crippen molar-refractivity contribution < 1.29 is 41.0 Å². The van der Waals surface area contributed by atoms with E-state index in [1.54, 1.807) is 0 Å². The molecule has 0 bridgehead atoms. The first kappa shape index (κ1) is 23.2. The monoisotopic (exact) mass is 430 g/mol. The van der Waals surface area contributed by atoms with Gasteiger partial charge in [0, 0.05) is 12.5 Å². The summed E-state index contributed by atoms with van der Waals surface area (Å²) < 4.78 is 79.3. The molecule has 0 aliphatic heterocycles. The van der Waals surface area contributed by atoms with Gasteiger partial charge < -0.3 is 14.2 Å². The van der Waals surface area contributed by atoms with Crippen LogP contribution in [0.2, 0.25) is 0 Å². The Bertz CT molecular complexity index is 843. The average molecular weight is 430 g/mol. The van der Waals surface area contributed by atoms with Gasteiger partial charge in [0.15, 0.2) is 0 Å². The van der Waals surface area contributed by atoms with Crippen LogP contribution in [0.15, 0.2) is 54.6 Å². The number of carbonyl (C=O) groups is 1. The first-order chi connectivity index (χ1) is 14.1. The molecule has 2 aromatic carbocycles. The highest BCUT2D eigenvalue weighted by Crippen LogP contribution is 2.32. The van der Waals surface area contributed by atoms with Gasteiger partial charge >= 0.3 is 18.3 Å². The van der Waals surface area contributed by atoms with E-state index in [4.69, 9.17) is 9.47 Å². The molecular weight excluding hydrogens is 411 g/mol. The second kappa shape index (κ2) is 10.1. The van der Waals surface area contributed by atoms with E-state index in [1.165, 1.54) is 55.7 Å². The van der Waals surface area contributed by atoms with E-state index < -0.39 is 30.2 Å². The van der Waals surface area contributed by atoms with E-state index in [2.05, 4.69) is 4.74 Å². The third-order valence-electron chi connectivity index (χ3n) is 3.80. The molecule has 2 aromatic rings. The van der Waals surface area contributed by atoms with Crippen LogP contribution < -0.4 is 9.47 Å². The molecule has 0 radical (unpaired) electrons. The molecule has 162 valence electrons. The number of alkyl halides is 5. The van der Waals surface area contributed by atoms with Crippen molar-refractivity contribution >= 4 is 12.0 Å². The third kappa shape index (κ3) is 7.73. The molecule has 9 heteroatoms. The standard InChI is InChI=1S/C21H19F5O4/c1-28-19(27)12-5-15-3-8-18(9-4-15)30-21(25,26)16-6-10-17(11-7-16)29-14-2-13-20(22,23)24/h3-12H,2,13-14H2,1H3. The van der Waals surface area contributed by atoms with Crippen LogP contribution in [0.5, 0.6) is 11.5 Å². The van der Waals surface area contributed by atoms with Crippen LogP contribution in [-0.4, -0.2) is 25.9 Å². The Labute approximate surface area is 169 Å². The number of carbonyl (C=O) groups excluding carboxylic acids is 1. The van der Waals surface area contributed by atoms with Gasteiger partial charge in [-0.1, -0.05) is 12.1 Å². The van der Waals surface area contributed by atoms with Gasteiger partial charge in [-0.05, 0) is 54.5 Å². The highest BCUT2D eigenvalue weighted by Gasteiger charge is 2.34. The molecule has 2 rings (SSSR count). The summed E-state index contributed by atoms with van der Waals surface area (Å²) in [6.07, 6.45) is -6.46. The molecule has 0 unspecified atom stereocenters. The zero-order valence-electron chi connectivity index (χ0n) is 15.9. The zero-order chi connectivity index (χ0) is 22.2. The quantitative estimate of drug-likeness (QED) is 0.221. The van der Waals surface area contributed by atoms with Crippen LogP contribution in [0.3, 0.4) is 0 Å². The molecule has 0 N–H and O–H groups in total. The minimum atomic E-state index is -4.26. The normalized spacial score (nSPS) is 12.1. The van der Waals surface area contributed by atoms with Gasteiger partial charge in [0.25, 0.3) is 0 Å². The number of benzene rings is 2. The minimum Gasteiger partial charge on any atom is -0.494 e. The second-order valence-corrected chi connectivity index (χ2v) is 6.14. The average Bonchev–Trinajstić information content (AvgIpc) is 2.70. The van der Waals surface area contributed by atoms with Crippen LogP contribution >= 0.6 is 0 Å². The summed E-state index contributed by atoms with van der Waals surface area (Å²) in [4.78, 5) is 11.0. The largest absolute Gasteiger partial charge is 0.494 e. The molecule has 0 aliphatic carbocycles. The van der Waals surface area contributed by atoms with Crippen molar-refractivity contribution in [1.82, 2.24) is 0 Å². The fourth-order valence-electron chi connectivity index (χ4n) is 2.29. The van der Waals surface area contributed by atoms with Crippen LogP contribution in [0, 0.1) is 0 Å². The van der Waals surface area contributed by atoms with Gasteiger partial charge in [0.2, 0.25) is 0 Å². The fourth-order valence-corrected chi connectivity index (χ4v) is 2.29. The lowest BCUT2D eigenvalue weighted by atomic mass is 10.2. The number of hydrogen-bond acceptors (Lipinski definition) is 4. The SMILES string of the molecule is COC(=O)C=Cc1ccc(OC(F)(F)c2ccc(OCCCC(F)(F)F)cc2)cc1. The molecule has 30 heavy (non-hydrogen) atoms. The lowest BCUT2D eigenvalue weighted by Crippen LogP contribution is -2.21. The van der Waals surface area contributed by atoms with E-state index in [9.17, 15) is 26.7 Å². The molecule has 0 saturated heterocycles. The predicted octanol–water partition coefficient (Wildman–Crippen LogP) is 5.72. The van der Waals surface area contributed by atoms with Crippen LogP contribution in [0.4, 0.5) is 22.0 Å². The van der Waals surface area contributed by atoms with E-state index >= 15 is 0 Å². The van der Waals surface area contributed by atoms with E-state index in [0.717, 1.165) is 12.1 Å². The van der Waals surface area contributed by atoms with Crippen LogP contribution in [0.1, 0.15) is 24.0 Å². The molecule has 0 atom stereocenters. The second-order valence-electron chi connectivity index (χ2n) is 6.14. The summed E-state index contributed by atoms with van der Waals surface area (Å²) in [6, 6.07) is 10.2. The number of ether oxygens (including phenoxy) is 3. The van der Waals surface area contributed by atoms with Crippen molar-refractivity contribution in [3.63, 3.8) is 0 Å². The van der Waals surface area contributed by atoms with E-state index in [-0.39, 0.29) is 24.5 Å². The minimum absolute atomic E-state index is 0.0947. The molecule has 0 aromatic heterocycles. The molecule has 0 saturated carbocycles. The van der Waals surface area contributed by atoms with Crippen molar-refractivity contribution in [2.45, 2.75) is 25.1 Å². The van der Waals surface area contributed by atoms with Crippen molar-refractivity contribution in [1.29, 1.82) is 0 Å². The number of methoxy groups -OCH3 is 1. The summed E-state index contributed by atoms with van der Waals surface area (Å²) in [7, 11) is 1.23. The van der Waals surface area contributed by atoms with Gasteiger partial charge in [-0.15, -0.1) is 0 Å². The molecule has 0 aliphatic rings. The summed E-state index contributed by atoms with van der Waals surface area (Å²) in [5.74, 6) is -0.462. The van der Waals surface area contributed by atoms with E-state index in [0.29, 0.717) is 5.56 Å². The Morgan fingerprint density at radius 2 is 1.53 bits per heavy atom. The van der Waals surface area contributed by atoms with Crippen molar-refractivity contribution in [3.05, 3.63) is 65.7 Å². The fraction of sp³-hybridized carbons (Fsp3) is 0.286. The van der Waals surface area contributed by atoms with Crippen LogP contribution in [-0.2, 0) is 15.6 Å². The Morgan fingerprint density at radius 1 is 0.933 bits per heavy atom. The third-order valence-corrected chi connectivity index (χ3v) is 3.80. The highest BCUT2D eigenvalue weighted by atomic mass is 19.4. The first-order valence-corrected chi connectivity index (χ1v) is 8.82. The molecular formula is C21H19F5O4. The van der Waals surface area contributed by atoms with Crippen molar-refractivity contribution in [2.75, 3.05) is 13.7 Å². The number of rotatable bonds is 9. The van der Waals surface area contributed by atoms with Gasteiger partial charge in [0.1, 0.15) is 11.5 Å². The van der Waals surface area contributed by atoms with Crippen LogP contribution in [0.25, 0.3) is 6.08 Å². The zero-order valence-corrected chi connectivity index (χ0v) is 15.9. The van der Waals surface area contributed by atoms with Gasteiger partial charge in [-0.2, -0.15) is 22.0 Å². The molecule has 0 spiro atoms. The maximum atomic E-state index is 14.3. The molecule has 0 fully saturated rings. The summed E-state index contributed by atoms with van der Waals surface area (Å²) >= 11 is 0. The maximum Gasteiger partial charge on any atom is 0.426 e.